The number of ether oxygens (including phenoxy) is 1. The van der Waals surface area contributed by atoms with Crippen molar-refractivity contribution in [1.82, 2.24) is 0 Å². The van der Waals surface area contributed by atoms with Crippen LogP contribution in [0, 0.1) is 6.42 Å². The molecule has 27 heavy (non-hydrogen) atoms. The van der Waals surface area contributed by atoms with E-state index in [-0.39, 0.29) is 52.3 Å². The van der Waals surface area contributed by atoms with Gasteiger partial charge in [0, 0.05) is 6.42 Å². The monoisotopic (exact) mass is 462 g/mol. The van der Waals surface area contributed by atoms with Crippen molar-refractivity contribution in [3.05, 3.63) is 54.5 Å². The summed E-state index contributed by atoms with van der Waals surface area (Å²) < 4.78 is 5.09. The molecule has 0 atom stereocenters. The fraction of sp³-hybridized carbons (Fsp3) is 0.476. The molecule has 1 aliphatic carbocycles. The third-order valence-corrected chi connectivity index (χ3v) is 11.1. The Morgan fingerprint density at radius 3 is 1.89 bits per heavy atom. The van der Waals surface area contributed by atoms with Crippen molar-refractivity contribution in [2.45, 2.75) is 57.8 Å². The Balaban J connectivity index is -0.000000625. The molecule has 0 saturated heterocycles. The van der Waals surface area contributed by atoms with Gasteiger partial charge in [-0.05, 0) is 18.1 Å². The minimum atomic E-state index is -0.997. The van der Waals surface area contributed by atoms with Crippen molar-refractivity contribution in [3.63, 3.8) is 0 Å². The first-order valence-corrected chi connectivity index (χ1v) is 11.9. The largest absolute Gasteiger partial charge is 3.00 e. The van der Waals surface area contributed by atoms with E-state index in [1.165, 1.54) is 36.2 Å². The van der Waals surface area contributed by atoms with Gasteiger partial charge in [0.1, 0.15) is 5.75 Å². The Labute approximate surface area is 194 Å². The minimum absolute atomic E-state index is 0. The number of aryl methyl sites for hydroxylation is 1. The predicted molar refractivity (Wildman–Crippen MR) is 105 cm³/mol. The molecule has 0 unspecified atom stereocenters. The van der Waals surface area contributed by atoms with Crippen LogP contribution < -0.4 is 34.7 Å². The smallest absolute Gasteiger partial charge is 1.00 e. The van der Waals surface area contributed by atoms with Crippen molar-refractivity contribution in [1.29, 1.82) is 0 Å². The van der Waals surface area contributed by atoms with Gasteiger partial charge in [-0.3, -0.25) is 0 Å². The molecule has 1 aromatic carbocycles. The van der Waals surface area contributed by atoms with Crippen LogP contribution >= 0.6 is 0 Å². The predicted octanol–water partition coefficient (Wildman–Crippen LogP) is -0.468. The van der Waals surface area contributed by atoms with Gasteiger partial charge in [0.2, 0.25) is 0 Å². The normalized spacial score (nSPS) is 11.4. The Hall–Kier alpha value is -0.189. The maximum Gasteiger partial charge on any atom is 3.00 e. The maximum atomic E-state index is 11.5. The number of allylic oxidation sites excluding steroid dienone is 4. The van der Waals surface area contributed by atoms with Crippen LogP contribution in [0.4, 0.5) is 0 Å². The molecule has 150 valence electrons. The van der Waals surface area contributed by atoms with Gasteiger partial charge >= 0.3 is 21.7 Å². The zero-order valence-electron chi connectivity index (χ0n) is 16.9. The number of halogens is 2. The topological polar surface area (TPSA) is 32.3 Å². The Bertz CT molecular complexity index is 529. The van der Waals surface area contributed by atoms with Gasteiger partial charge in [0.05, 0.1) is 15.2 Å². The zero-order valence-corrected chi connectivity index (χ0v) is 21.0. The molecule has 0 heterocycles. The van der Waals surface area contributed by atoms with Crippen molar-refractivity contribution in [2.75, 3.05) is 7.11 Å². The van der Waals surface area contributed by atoms with E-state index in [4.69, 9.17) is 4.74 Å². The Morgan fingerprint density at radius 2 is 1.48 bits per heavy atom. The molecule has 0 aliphatic heterocycles. The molecule has 6 heteroatoms. The van der Waals surface area contributed by atoms with Gasteiger partial charge < -0.3 is 34.7 Å². The van der Waals surface area contributed by atoms with Crippen LogP contribution in [0.3, 0.4) is 0 Å². The number of benzene rings is 1. The summed E-state index contributed by atoms with van der Waals surface area (Å²) in [7, 11) is 0.562. The number of hydrogen-bond acceptors (Lipinski definition) is 2. The maximum absolute atomic E-state index is 11.5. The second kappa shape index (κ2) is 17.9. The summed E-state index contributed by atoms with van der Waals surface area (Å²) >= 11 is 0. The van der Waals surface area contributed by atoms with E-state index in [0.29, 0.717) is 5.75 Å². The molecular formula is C21H32Cl2O2SiTi. The first-order valence-electron chi connectivity index (χ1n) is 9.11. The summed E-state index contributed by atoms with van der Waals surface area (Å²) in [5.41, 5.74) is 1.22. The molecule has 0 spiro atoms. The molecule has 2 rings (SSSR count). The van der Waals surface area contributed by atoms with Gasteiger partial charge in [-0.2, -0.15) is 0 Å². The van der Waals surface area contributed by atoms with E-state index in [9.17, 15) is 5.11 Å². The second-order valence-electron chi connectivity index (χ2n) is 6.36. The molecule has 1 aromatic rings. The fourth-order valence-corrected chi connectivity index (χ4v) is 6.62. The van der Waals surface area contributed by atoms with Crippen LogP contribution in [0.25, 0.3) is 0 Å². The van der Waals surface area contributed by atoms with Gasteiger partial charge in [-0.1, -0.05) is 93.6 Å². The summed E-state index contributed by atoms with van der Waals surface area (Å²) in [4.78, 5) is 0. The first kappa shape index (κ1) is 31.5. The van der Waals surface area contributed by atoms with E-state index >= 15 is 0 Å². The number of hydrogen-bond donors (Lipinski definition) is 0. The van der Waals surface area contributed by atoms with E-state index in [0.717, 1.165) is 6.42 Å². The van der Waals surface area contributed by atoms with E-state index in [1.54, 1.807) is 13.2 Å². The standard InChI is InChI=1S/C16H28O2Si.C5H5.2ClH.Ti/c1-5-19(6-2,7-3)12-8-9-14-10-11-15(17)16(13-14)18-4;1-2-4-5-3-1;;;/h10-11,13,17H,5-9,12H2,1-4H3;1-5H;2*1H;/q;;;;+3/p-3. The fourth-order valence-electron chi connectivity index (χ4n) is 3.14. The van der Waals surface area contributed by atoms with Gasteiger partial charge in [0.25, 0.3) is 0 Å². The molecule has 0 amide bonds. The summed E-state index contributed by atoms with van der Waals surface area (Å²) in [6.07, 6.45) is 12.3. The van der Waals surface area contributed by atoms with Crippen LogP contribution in [0.2, 0.25) is 24.2 Å². The molecular weight excluding hydrogens is 431 g/mol. The van der Waals surface area contributed by atoms with Crippen molar-refractivity contribution in [3.8, 4) is 11.5 Å². The minimum Gasteiger partial charge on any atom is -1.00 e. The van der Waals surface area contributed by atoms with Crippen molar-refractivity contribution < 1.29 is 56.4 Å². The summed E-state index contributed by atoms with van der Waals surface area (Å²) in [6.45, 7) is 7.07. The van der Waals surface area contributed by atoms with E-state index < -0.39 is 8.07 Å². The summed E-state index contributed by atoms with van der Waals surface area (Å²) in [6, 6.07) is 11.0. The van der Waals surface area contributed by atoms with Crippen molar-refractivity contribution >= 4 is 8.07 Å². The third-order valence-electron chi connectivity index (χ3n) is 5.21. The van der Waals surface area contributed by atoms with E-state index in [1.807, 2.05) is 42.9 Å². The SMILES string of the molecule is CC[Si](CC)(CC)CCCc1ccc([O-])c(OC)c1.[CH]1C=CC=C1.[Cl-].[Cl-].[Ti+3]. The Morgan fingerprint density at radius 1 is 0.926 bits per heavy atom. The van der Waals surface area contributed by atoms with Gasteiger partial charge in [0.15, 0.2) is 0 Å². The zero-order chi connectivity index (χ0) is 17.8. The average Bonchev–Trinajstić information content (AvgIpc) is 3.20. The van der Waals surface area contributed by atoms with Crippen LogP contribution in [-0.2, 0) is 28.1 Å². The van der Waals surface area contributed by atoms with Gasteiger partial charge in [-0.25, -0.2) is 0 Å². The molecule has 0 saturated carbocycles. The molecule has 2 nitrogen and oxygen atoms in total. The molecule has 0 bridgehead atoms. The summed E-state index contributed by atoms with van der Waals surface area (Å²) in [5, 5.41) is 11.5. The van der Waals surface area contributed by atoms with Crippen LogP contribution in [-0.4, -0.2) is 15.2 Å². The van der Waals surface area contributed by atoms with Crippen LogP contribution in [0.15, 0.2) is 42.5 Å². The van der Waals surface area contributed by atoms with E-state index in [2.05, 4.69) is 20.8 Å². The molecule has 1 aliphatic rings. The van der Waals surface area contributed by atoms with Gasteiger partial charge in [-0.15, -0.1) is 0 Å². The molecule has 0 N–H and O–H groups in total. The first-order chi connectivity index (χ1) is 11.6. The van der Waals surface area contributed by atoms with Crippen molar-refractivity contribution in [2.24, 2.45) is 0 Å². The molecule has 0 aromatic heterocycles. The van der Waals surface area contributed by atoms with Crippen LogP contribution in [0.5, 0.6) is 11.5 Å². The molecule has 0 fully saturated rings. The quantitative estimate of drug-likeness (QED) is 0.489. The molecule has 2 radical (unpaired) electrons. The van der Waals surface area contributed by atoms with Crippen LogP contribution in [0.1, 0.15) is 32.8 Å². The summed E-state index contributed by atoms with van der Waals surface area (Å²) in [5.74, 6) is 0.452. The second-order valence-corrected chi connectivity index (χ2v) is 12.0. The number of rotatable bonds is 8. The third kappa shape index (κ3) is 11.4. The number of methoxy groups -OCH3 is 1. The average molecular weight is 463 g/mol. The Kier molecular flexibility index (Phi) is 20.9.